The molecule has 0 aliphatic carbocycles. The zero-order valence-electron chi connectivity index (χ0n) is 13.6. The number of carbonyl (C=O) groups is 1. The number of benzene rings is 2. The molecule has 0 radical (unpaired) electrons. The molecule has 0 saturated heterocycles. The van der Waals surface area contributed by atoms with Crippen molar-refractivity contribution in [2.45, 2.75) is 6.92 Å². The highest BCUT2D eigenvalue weighted by Gasteiger charge is 2.27. The van der Waals surface area contributed by atoms with E-state index in [9.17, 15) is 4.79 Å². The van der Waals surface area contributed by atoms with Gasteiger partial charge in [0.25, 0.3) is 5.91 Å². The summed E-state index contributed by atoms with van der Waals surface area (Å²) in [6.45, 7) is 1.84. The molecule has 0 N–H and O–H groups in total. The number of anilines is 1. The first-order chi connectivity index (χ1) is 11.7. The largest absolute Gasteiger partial charge is 0.497 e. The van der Waals surface area contributed by atoms with Crippen molar-refractivity contribution in [3.63, 3.8) is 0 Å². The molecule has 3 rings (SSSR count). The maximum absolute atomic E-state index is 12.5. The van der Waals surface area contributed by atoms with E-state index in [0.29, 0.717) is 11.3 Å². The van der Waals surface area contributed by atoms with Crippen LogP contribution in [0, 0.1) is 0 Å². The Balaban J connectivity index is 1.77. The Bertz CT molecular complexity index is 818. The molecule has 0 aromatic heterocycles. The Morgan fingerprint density at radius 2 is 1.75 bits per heavy atom. The minimum absolute atomic E-state index is 0.113. The first-order valence-electron chi connectivity index (χ1n) is 7.66. The van der Waals surface area contributed by atoms with Crippen molar-refractivity contribution in [3.8, 4) is 5.75 Å². The molecule has 2 aromatic rings. The van der Waals surface area contributed by atoms with E-state index in [-0.39, 0.29) is 5.91 Å². The minimum atomic E-state index is -0.113. The molecule has 0 bridgehead atoms. The van der Waals surface area contributed by atoms with Gasteiger partial charge in [0.15, 0.2) is 0 Å². The second-order valence-electron chi connectivity index (χ2n) is 5.35. The van der Waals surface area contributed by atoms with Crippen molar-refractivity contribution in [1.82, 2.24) is 0 Å². The van der Waals surface area contributed by atoms with E-state index in [0.717, 1.165) is 17.0 Å². The average Bonchev–Trinajstić information content (AvgIpc) is 2.91. The fraction of sp³-hybridized carbons (Fsp3) is 0.100. The van der Waals surface area contributed by atoms with Crippen LogP contribution in [0.25, 0.3) is 6.08 Å². The summed E-state index contributed by atoms with van der Waals surface area (Å²) in [6.07, 6.45) is 5.61. The maximum Gasteiger partial charge on any atom is 0.280 e. The Kier molecular flexibility index (Phi) is 4.57. The number of amides is 1. The van der Waals surface area contributed by atoms with Gasteiger partial charge in [-0.25, -0.2) is 0 Å². The molecule has 0 saturated carbocycles. The van der Waals surface area contributed by atoms with Gasteiger partial charge in [0.1, 0.15) is 5.75 Å². The van der Waals surface area contributed by atoms with Crippen molar-refractivity contribution in [2.24, 2.45) is 5.10 Å². The molecule has 1 aliphatic rings. The van der Waals surface area contributed by atoms with E-state index in [1.165, 1.54) is 5.01 Å². The molecular weight excluding hydrogens is 300 g/mol. The van der Waals surface area contributed by atoms with E-state index in [1.54, 1.807) is 13.2 Å². The highest BCUT2D eigenvalue weighted by atomic mass is 16.5. The van der Waals surface area contributed by atoms with E-state index >= 15 is 0 Å². The van der Waals surface area contributed by atoms with Crippen LogP contribution in [0.4, 0.5) is 5.69 Å². The molecule has 24 heavy (non-hydrogen) atoms. The third-order valence-corrected chi connectivity index (χ3v) is 3.73. The molecule has 4 heteroatoms. The molecule has 4 nitrogen and oxygen atoms in total. The summed E-state index contributed by atoms with van der Waals surface area (Å²) in [4.78, 5) is 12.5. The third kappa shape index (κ3) is 3.27. The first kappa shape index (κ1) is 15.7. The van der Waals surface area contributed by atoms with Gasteiger partial charge in [-0.15, -0.1) is 0 Å². The number of hydrogen-bond donors (Lipinski definition) is 0. The van der Waals surface area contributed by atoms with Gasteiger partial charge < -0.3 is 4.74 Å². The number of hydrogen-bond acceptors (Lipinski definition) is 3. The molecule has 2 aromatic carbocycles. The fourth-order valence-corrected chi connectivity index (χ4v) is 2.42. The van der Waals surface area contributed by atoms with Gasteiger partial charge in [-0.3, -0.25) is 4.79 Å². The molecule has 1 aliphatic heterocycles. The maximum atomic E-state index is 12.5. The Morgan fingerprint density at radius 3 is 2.42 bits per heavy atom. The van der Waals surface area contributed by atoms with E-state index in [2.05, 4.69) is 5.10 Å². The van der Waals surface area contributed by atoms with Crippen molar-refractivity contribution < 1.29 is 9.53 Å². The zero-order chi connectivity index (χ0) is 16.9. The summed E-state index contributed by atoms with van der Waals surface area (Å²) >= 11 is 0. The normalized spacial score (nSPS) is 16.1. The van der Waals surface area contributed by atoms with Crippen molar-refractivity contribution >= 4 is 23.4 Å². The molecule has 1 heterocycles. The summed E-state index contributed by atoms with van der Waals surface area (Å²) < 4.78 is 5.13. The van der Waals surface area contributed by atoms with E-state index < -0.39 is 0 Å². The second-order valence-corrected chi connectivity index (χ2v) is 5.35. The number of carbonyl (C=O) groups excluding carboxylic acids is 1. The Morgan fingerprint density at radius 1 is 1.04 bits per heavy atom. The number of para-hydroxylation sites is 1. The lowest BCUT2D eigenvalue weighted by molar-refractivity contribution is -0.114. The monoisotopic (exact) mass is 318 g/mol. The number of hydrazone groups is 1. The van der Waals surface area contributed by atoms with Crippen LogP contribution >= 0.6 is 0 Å². The minimum Gasteiger partial charge on any atom is -0.497 e. The number of ether oxygens (including phenoxy) is 1. The van der Waals surface area contributed by atoms with Crippen LogP contribution in [-0.4, -0.2) is 18.7 Å². The molecule has 1 amide bonds. The van der Waals surface area contributed by atoms with Crippen molar-refractivity contribution in [1.29, 1.82) is 0 Å². The van der Waals surface area contributed by atoms with E-state index in [4.69, 9.17) is 4.74 Å². The summed E-state index contributed by atoms with van der Waals surface area (Å²) in [7, 11) is 1.64. The molecule has 0 fully saturated rings. The lowest BCUT2D eigenvalue weighted by atomic mass is 10.1. The lowest BCUT2D eigenvalue weighted by Gasteiger charge is -2.10. The summed E-state index contributed by atoms with van der Waals surface area (Å²) in [5.74, 6) is 0.705. The predicted molar refractivity (Wildman–Crippen MR) is 97.1 cm³/mol. The highest BCUT2D eigenvalue weighted by Crippen LogP contribution is 2.23. The topological polar surface area (TPSA) is 41.9 Å². The van der Waals surface area contributed by atoms with Gasteiger partial charge in [0, 0.05) is 0 Å². The smallest absolute Gasteiger partial charge is 0.280 e. The predicted octanol–water partition coefficient (Wildman–Crippen LogP) is 4.06. The van der Waals surface area contributed by atoms with Crippen LogP contribution in [0.5, 0.6) is 5.75 Å². The van der Waals surface area contributed by atoms with Crippen LogP contribution in [-0.2, 0) is 4.79 Å². The van der Waals surface area contributed by atoms with Crippen LogP contribution in [0.1, 0.15) is 12.5 Å². The van der Waals surface area contributed by atoms with Gasteiger partial charge >= 0.3 is 0 Å². The number of allylic oxidation sites excluding steroid dienone is 2. The van der Waals surface area contributed by atoms with Crippen LogP contribution in [0.2, 0.25) is 0 Å². The summed E-state index contributed by atoms with van der Waals surface area (Å²) in [5, 5.41) is 5.78. The van der Waals surface area contributed by atoms with E-state index in [1.807, 2.05) is 73.7 Å². The highest BCUT2D eigenvalue weighted by molar-refractivity contribution is 6.29. The standard InChI is InChI=1S/C20H18N2O2/c1-15-19(10-6-7-16-11-13-18(24-2)14-12-16)20(23)22(21-15)17-8-4-3-5-9-17/h3-14H,1-2H3/b7-6+,19-10-. The molecule has 0 spiro atoms. The molecule has 0 unspecified atom stereocenters. The zero-order valence-corrected chi connectivity index (χ0v) is 13.6. The third-order valence-electron chi connectivity index (χ3n) is 3.73. The van der Waals surface area contributed by atoms with Crippen LogP contribution in [0.15, 0.2) is 77.4 Å². The lowest BCUT2D eigenvalue weighted by Crippen LogP contribution is -2.21. The Hall–Kier alpha value is -3.14. The van der Waals surface area contributed by atoms with Gasteiger partial charge in [-0.1, -0.05) is 42.5 Å². The van der Waals surface area contributed by atoms with Gasteiger partial charge in [0.05, 0.1) is 24.1 Å². The summed E-state index contributed by atoms with van der Waals surface area (Å²) in [6, 6.07) is 17.1. The number of rotatable bonds is 4. The first-order valence-corrected chi connectivity index (χ1v) is 7.66. The second kappa shape index (κ2) is 6.96. The van der Waals surface area contributed by atoms with Gasteiger partial charge in [-0.05, 0) is 42.8 Å². The van der Waals surface area contributed by atoms with Gasteiger partial charge in [-0.2, -0.15) is 10.1 Å². The van der Waals surface area contributed by atoms with Crippen molar-refractivity contribution in [3.05, 3.63) is 77.9 Å². The van der Waals surface area contributed by atoms with Crippen molar-refractivity contribution in [2.75, 3.05) is 12.1 Å². The molecular formula is C20H18N2O2. The molecule has 0 atom stereocenters. The Labute approximate surface area is 141 Å². The summed E-state index contributed by atoms with van der Waals surface area (Å²) in [5.41, 5.74) is 3.11. The fourth-order valence-electron chi connectivity index (χ4n) is 2.42. The van der Waals surface area contributed by atoms with Crippen LogP contribution in [0.3, 0.4) is 0 Å². The number of methoxy groups -OCH3 is 1. The SMILES string of the molecule is COc1ccc(/C=C/C=C2\C(=O)N(c3ccccc3)N=C2C)cc1. The quantitative estimate of drug-likeness (QED) is 0.798. The number of nitrogens with zero attached hydrogens (tertiary/aromatic N) is 2. The average molecular weight is 318 g/mol. The molecule has 120 valence electrons. The van der Waals surface area contributed by atoms with Crippen LogP contribution < -0.4 is 9.75 Å². The van der Waals surface area contributed by atoms with Gasteiger partial charge in [0.2, 0.25) is 0 Å².